The van der Waals surface area contributed by atoms with Crippen molar-refractivity contribution in [3.63, 3.8) is 0 Å². The molecule has 168 valence electrons. The first-order valence-corrected chi connectivity index (χ1v) is 11.7. The number of hydrogen-bond acceptors (Lipinski definition) is 7. The Hall–Kier alpha value is -3.07. The molecule has 2 aromatic heterocycles. The first-order chi connectivity index (χ1) is 15.4. The van der Waals surface area contributed by atoms with E-state index in [2.05, 4.69) is 15.4 Å². The summed E-state index contributed by atoms with van der Waals surface area (Å²) >= 11 is 1.44. The van der Waals surface area contributed by atoms with E-state index < -0.39 is 5.97 Å². The number of esters is 1. The van der Waals surface area contributed by atoms with Crippen molar-refractivity contribution in [1.82, 2.24) is 14.6 Å². The van der Waals surface area contributed by atoms with E-state index in [1.54, 1.807) is 38.1 Å². The van der Waals surface area contributed by atoms with E-state index in [1.807, 2.05) is 0 Å². The van der Waals surface area contributed by atoms with Gasteiger partial charge in [0.25, 0.3) is 5.56 Å². The summed E-state index contributed by atoms with van der Waals surface area (Å²) < 4.78 is 6.69. The van der Waals surface area contributed by atoms with Crippen LogP contribution in [-0.4, -0.2) is 26.5 Å². The Morgan fingerprint density at radius 1 is 1.19 bits per heavy atom. The molecular formula is C23H26N4O4S. The Bertz CT molecular complexity index is 1180. The highest BCUT2D eigenvalue weighted by Crippen LogP contribution is 2.34. The van der Waals surface area contributed by atoms with Crippen molar-refractivity contribution in [1.29, 1.82) is 0 Å². The summed E-state index contributed by atoms with van der Waals surface area (Å²) in [6.07, 6.45) is 5.83. The normalized spacial score (nSPS) is 14.6. The molecule has 1 N–H and O–H groups in total. The zero-order valence-corrected chi connectivity index (χ0v) is 19.0. The molecule has 1 fully saturated rings. The van der Waals surface area contributed by atoms with Crippen LogP contribution in [-0.2, 0) is 16.1 Å². The molecule has 4 rings (SSSR count). The molecule has 1 amide bonds. The SMILES string of the molecule is CC(C)C(=O)Nc1ccc(C(=O)OCc2cc(=O)n3nc(C4CCCCC4)sc3n2)cc1. The molecule has 32 heavy (non-hydrogen) atoms. The summed E-state index contributed by atoms with van der Waals surface area (Å²) in [5.41, 5.74) is 1.08. The van der Waals surface area contributed by atoms with Crippen LogP contribution in [0.15, 0.2) is 35.1 Å². The Kier molecular flexibility index (Phi) is 6.64. The quantitative estimate of drug-likeness (QED) is 0.561. The minimum Gasteiger partial charge on any atom is -0.456 e. The van der Waals surface area contributed by atoms with Crippen molar-refractivity contribution in [2.45, 2.75) is 58.5 Å². The number of rotatable bonds is 6. The molecule has 1 aliphatic rings. The second-order valence-electron chi connectivity index (χ2n) is 8.35. The van der Waals surface area contributed by atoms with Gasteiger partial charge in [0.05, 0.1) is 11.3 Å². The van der Waals surface area contributed by atoms with Gasteiger partial charge in [-0.1, -0.05) is 44.4 Å². The van der Waals surface area contributed by atoms with Crippen LogP contribution in [0.1, 0.15) is 72.9 Å². The molecular weight excluding hydrogens is 428 g/mol. The second kappa shape index (κ2) is 9.60. The fraction of sp³-hybridized carbons (Fsp3) is 0.435. The van der Waals surface area contributed by atoms with E-state index >= 15 is 0 Å². The fourth-order valence-corrected chi connectivity index (χ4v) is 4.75. The van der Waals surface area contributed by atoms with Crippen LogP contribution in [0.2, 0.25) is 0 Å². The summed E-state index contributed by atoms with van der Waals surface area (Å²) in [5, 5.41) is 8.21. The molecule has 0 aliphatic heterocycles. The number of amides is 1. The molecule has 1 saturated carbocycles. The summed E-state index contributed by atoms with van der Waals surface area (Å²) in [4.78, 5) is 41.6. The lowest BCUT2D eigenvalue weighted by atomic mass is 9.90. The average molecular weight is 455 g/mol. The van der Waals surface area contributed by atoms with E-state index in [0.717, 1.165) is 17.8 Å². The number of benzene rings is 1. The average Bonchev–Trinajstić information content (AvgIpc) is 3.23. The molecule has 1 aliphatic carbocycles. The molecule has 0 radical (unpaired) electrons. The molecule has 0 unspecified atom stereocenters. The molecule has 8 nitrogen and oxygen atoms in total. The number of fused-ring (bicyclic) bond motifs is 1. The van der Waals surface area contributed by atoms with E-state index in [0.29, 0.717) is 27.8 Å². The molecule has 0 saturated heterocycles. The lowest BCUT2D eigenvalue weighted by Gasteiger charge is -2.18. The number of anilines is 1. The van der Waals surface area contributed by atoms with Gasteiger partial charge in [-0.2, -0.15) is 9.61 Å². The Balaban J connectivity index is 1.41. The van der Waals surface area contributed by atoms with Gasteiger partial charge in [0, 0.05) is 23.6 Å². The smallest absolute Gasteiger partial charge is 0.338 e. The molecule has 0 atom stereocenters. The summed E-state index contributed by atoms with van der Waals surface area (Å²) in [6.45, 7) is 3.51. The third-order valence-corrected chi connectivity index (χ3v) is 6.60. The van der Waals surface area contributed by atoms with E-state index in [-0.39, 0.29) is 24.0 Å². The van der Waals surface area contributed by atoms with Crippen molar-refractivity contribution in [2.24, 2.45) is 5.92 Å². The molecule has 3 aromatic rings. The van der Waals surface area contributed by atoms with Gasteiger partial charge in [-0.15, -0.1) is 0 Å². The number of aromatic nitrogens is 3. The van der Waals surface area contributed by atoms with Gasteiger partial charge in [-0.25, -0.2) is 9.78 Å². The van der Waals surface area contributed by atoms with Crippen LogP contribution in [0.25, 0.3) is 4.96 Å². The fourth-order valence-electron chi connectivity index (χ4n) is 3.66. The number of nitrogens with one attached hydrogen (secondary N) is 1. The predicted octanol–water partition coefficient (Wildman–Crippen LogP) is 4.15. The van der Waals surface area contributed by atoms with Crippen LogP contribution in [0.5, 0.6) is 0 Å². The largest absolute Gasteiger partial charge is 0.456 e. The van der Waals surface area contributed by atoms with E-state index in [4.69, 9.17) is 4.74 Å². The minimum atomic E-state index is -0.527. The van der Waals surface area contributed by atoms with Crippen molar-refractivity contribution >= 4 is 33.9 Å². The van der Waals surface area contributed by atoms with Crippen LogP contribution in [0.4, 0.5) is 5.69 Å². The Labute approximate surface area is 189 Å². The zero-order valence-electron chi connectivity index (χ0n) is 18.2. The standard InChI is InChI=1S/C23H26N4O4S/c1-14(2)20(29)24-17-10-8-16(9-11-17)22(30)31-13-18-12-19(28)27-23(25-18)32-21(26-27)15-6-4-3-5-7-15/h8-12,14-15H,3-7,13H2,1-2H3,(H,24,29). The number of carbonyl (C=O) groups excluding carboxylic acids is 2. The second-order valence-corrected chi connectivity index (χ2v) is 9.34. The van der Waals surface area contributed by atoms with Crippen molar-refractivity contribution in [3.05, 3.63) is 57.0 Å². The molecule has 1 aromatic carbocycles. The highest BCUT2D eigenvalue weighted by atomic mass is 32.1. The lowest BCUT2D eigenvalue weighted by molar-refractivity contribution is -0.118. The first-order valence-electron chi connectivity index (χ1n) is 10.9. The van der Waals surface area contributed by atoms with Crippen LogP contribution < -0.4 is 10.9 Å². The van der Waals surface area contributed by atoms with Gasteiger partial charge in [-0.3, -0.25) is 9.59 Å². The third-order valence-electron chi connectivity index (χ3n) is 5.53. The van der Waals surface area contributed by atoms with Gasteiger partial charge in [0.15, 0.2) is 0 Å². The Morgan fingerprint density at radius 2 is 1.91 bits per heavy atom. The predicted molar refractivity (Wildman–Crippen MR) is 122 cm³/mol. The van der Waals surface area contributed by atoms with Gasteiger partial charge in [-0.05, 0) is 37.1 Å². The number of ether oxygens (including phenoxy) is 1. The number of nitrogens with zero attached hydrogens (tertiary/aromatic N) is 3. The van der Waals surface area contributed by atoms with Crippen LogP contribution in [0, 0.1) is 5.92 Å². The van der Waals surface area contributed by atoms with E-state index in [9.17, 15) is 14.4 Å². The van der Waals surface area contributed by atoms with Gasteiger partial charge in [0.2, 0.25) is 10.9 Å². The highest BCUT2D eigenvalue weighted by molar-refractivity contribution is 7.16. The maximum Gasteiger partial charge on any atom is 0.338 e. The Morgan fingerprint density at radius 3 is 2.59 bits per heavy atom. The third kappa shape index (κ3) is 5.04. The van der Waals surface area contributed by atoms with Gasteiger partial charge >= 0.3 is 5.97 Å². The zero-order chi connectivity index (χ0) is 22.7. The summed E-state index contributed by atoms with van der Waals surface area (Å²) in [6, 6.07) is 7.83. The number of hydrogen-bond donors (Lipinski definition) is 1. The van der Waals surface area contributed by atoms with Crippen molar-refractivity contribution in [3.8, 4) is 0 Å². The lowest BCUT2D eigenvalue weighted by Crippen LogP contribution is -2.18. The van der Waals surface area contributed by atoms with Gasteiger partial charge in [0.1, 0.15) is 11.6 Å². The number of carbonyl (C=O) groups is 2. The van der Waals surface area contributed by atoms with E-state index in [1.165, 1.54) is 41.2 Å². The topological polar surface area (TPSA) is 103 Å². The van der Waals surface area contributed by atoms with Crippen molar-refractivity contribution < 1.29 is 14.3 Å². The van der Waals surface area contributed by atoms with Crippen LogP contribution in [0.3, 0.4) is 0 Å². The van der Waals surface area contributed by atoms with Gasteiger partial charge < -0.3 is 10.1 Å². The summed E-state index contributed by atoms with van der Waals surface area (Å²) in [7, 11) is 0. The van der Waals surface area contributed by atoms with Crippen LogP contribution >= 0.6 is 11.3 Å². The molecule has 0 bridgehead atoms. The first kappa shape index (κ1) is 22.1. The molecule has 0 spiro atoms. The van der Waals surface area contributed by atoms with Crippen molar-refractivity contribution in [2.75, 3.05) is 5.32 Å². The molecule has 9 heteroatoms. The molecule has 2 heterocycles. The maximum atomic E-state index is 12.5. The maximum absolute atomic E-state index is 12.5. The summed E-state index contributed by atoms with van der Waals surface area (Å²) in [5.74, 6) is -0.362. The monoisotopic (exact) mass is 454 g/mol. The minimum absolute atomic E-state index is 0.0946. The highest BCUT2D eigenvalue weighted by Gasteiger charge is 2.21.